The molecule has 0 radical (unpaired) electrons. The third kappa shape index (κ3) is 4.05. The quantitative estimate of drug-likeness (QED) is 0.744. The van der Waals surface area contributed by atoms with Gasteiger partial charge in [-0.25, -0.2) is 0 Å². The second-order valence-electron chi connectivity index (χ2n) is 4.90. The molecule has 2 rings (SSSR count). The molecule has 102 valence electrons. The van der Waals surface area contributed by atoms with Gasteiger partial charge in [-0.2, -0.15) is 0 Å². The van der Waals surface area contributed by atoms with Crippen LogP contribution in [0, 0.1) is 0 Å². The summed E-state index contributed by atoms with van der Waals surface area (Å²) in [5.41, 5.74) is 0. The zero-order valence-corrected chi connectivity index (χ0v) is 12.2. The maximum Gasteiger partial charge on any atom is 0.0630 e. The molecule has 0 aliphatic heterocycles. The number of nitrogens with zero attached hydrogens (tertiary/aromatic N) is 1. The zero-order valence-electron chi connectivity index (χ0n) is 11.4. The molecule has 0 amide bonds. The van der Waals surface area contributed by atoms with E-state index in [-0.39, 0.29) is 0 Å². The summed E-state index contributed by atoms with van der Waals surface area (Å²) in [6.07, 6.45) is 2.69. The summed E-state index contributed by atoms with van der Waals surface area (Å²) in [6.45, 7) is 6.09. The van der Waals surface area contributed by atoms with Gasteiger partial charge in [-0.15, -0.1) is 11.3 Å². The van der Waals surface area contributed by atoms with Crippen LogP contribution in [0.3, 0.4) is 0 Å². The molecule has 18 heavy (non-hydrogen) atoms. The van der Waals surface area contributed by atoms with E-state index in [4.69, 9.17) is 4.74 Å². The van der Waals surface area contributed by atoms with Gasteiger partial charge < -0.3 is 10.1 Å². The molecule has 1 N–H and O–H groups in total. The van der Waals surface area contributed by atoms with Crippen LogP contribution >= 0.6 is 11.3 Å². The van der Waals surface area contributed by atoms with Gasteiger partial charge in [-0.05, 0) is 30.8 Å². The summed E-state index contributed by atoms with van der Waals surface area (Å²) in [5.74, 6) is 0. The van der Waals surface area contributed by atoms with E-state index in [1.165, 1.54) is 17.7 Å². The van der Waals surface area contributed by atoms with Gasteiger partial charge in [0.15, 0.2) is 0 Å². The molecule has 4 heteroatoms. The SMILES string of the molecule is CCNCC(COC)N(Cc1cccs1)C1CC1. The van der Waals surface area contributed by atoms with Crippen molar-refractivity contribution < 1.29 is 4.74 Å². The number of hydrogen-bond donors (Lipinski definition) is 1. The molecule has 1 atom stereocenters. The summed E-state index contributed by atoms with van der Waals surface area (Å²) >= 11 is 1.85. The minimum Gasteiger partial charge on any atom is -0.383 e. The van der Waals surface area contributed by atoms with Crippen LogP contribution in [0.2, 0.25) is 0 Å². The van der Waals surface area contributed by atoms with Crippen molar-refractivity contribution in [3.63, 3.8) is 0 Å². The van der Waals surface area contributed by atoms with Crippen molar-refractivity contribution in [1.82, 2.24) is 10.2 Å². The average molecular weight is 268 g/mol. The van der Waals surface area contributed by atoms with E-state index in [0.717, 1.165) is 32.3 Å². The van der Waals surface area contributed by atoms with E-state index in [1.807, 2.05) is 11.3 Å². The fourth-order valence-corrected chi connectivity index (χ4v) is 3.03. The summed E-state index contributed by atoms with van der Waals surface area (Å²) in [5, 5.41) is 5.62. The Hall–Kier alpha value is -0.420. The molecule has 1 fully saturated rings. The van der Waals surface area contributed by atoms with E-state index in [1.54, 1.807) is 7.11 Å². The standard InChI is InChI=1S/C14H24N2OS/c1-3-15-9-13(11-17-2)16(12-6-7-12)10-14-5-4-8-18-14/h4-5,8,12-13,15H,3,6-7,9-11H2,1-2H3. The van der Waals surface area contributed by atoms with Gasteiger partial charge in [-0.3, -0.25) is 4.90 Å². The second-order valence-corrected chi connectivity index (χ2v) is 5.93. The van der Waals surface area contributed by atoms with Gasteiger partial charge in [0.1, 0.15) is 0 Å². The normalized spacial score (nSPS) is 17.3. The highest BCUT2D eigenvalue weighted by atomic mass is 32.1. The smallest absolute Gasteiger partial charge is 0.0630 e. The Morgan fingerprint density at radius 2 is 2.39 bits per heavy atom. The molecular weight excluding hydrogens is 244 g/mol. The number of thiophene rings is 1. The third-order valence-electron chi connectivity index (χ3n) is 3.39. The number of methoxy groups -OCH3 is 1. The molecule has 0 aromatic carbocycles. The summed E-state index contributed by atoms with van der Waals surface area (Å²) in [7, 11) is 1.80. The molecule has 0 bridgehead atoms. The monoisotopic (exact) mass is 268 g/mol. The molecule has 1 aromatic rings. The predicted octanol–water partition coefficient (Wildman–Crippen LogP) is 2.34. The maximum atomic E-state index is 5.40. The summed E-state index contributed by atoms with van der Waals surface area (Å²) < 4.78 is 5.40. The van der Waals surface area contributed by atoms with Crippen LogP contribution in [0.1, 0.15) is 24.6 Å². The molecule has 1 saturated carbocycles. The van der Waals surface area contributed by atoms with Gasteiger partial charge >= 0.3 is 0 Å². The Kier molecular flexibility index (Phi) is 5.63. The van der Waals surface area contributed by atoms with Crippen molar-refractivity contribution >= 4 is 11.3 Å². The molecule has 1 aromatic heterocycles. The van der Waals surface area contributed by atoms with E-state index in [2.05, 4.69) is 34.7 Å². The lowest BCUT2D eigenvalue weighted by Crippen LogP contribution is -2.45. The highest BCUT2D eigenvalue weighted by molar-refractivity contribution is 7.09. The van der Waals surface area contributed by atoms with Crippen molar-refractivity contribution in [3.05, 3.63) is 22.4 Å². The predicted molar refractivity (Wildman–Crippen MR) is 77.1 cm³/mol. The number of nitrogens with one attached hydrogen (secondary N) is 1. The zero-order chi connectivity index (χ0) is 12.8. The summed E-state index contributed by atoms with van der Waals surface area (Å²) in [6, 6.07) is 5.63. The molecule has 1 aliphatic rings. The van der Waals surface area contributed by atoms with Crippen molar-refractivity contribution in [2.75, 3.05) is 26.8 Å². The van der Waals surface area contributed by atoms with Crippen molar-refractivity contribution in [1.29, 1.82) is 0 Å². The first-order valence-electron chi connectivity index (χ1n) is 6.83. The molecule has 1 aliphatic carbocycles. The molecule has 0 spiro atoms. The van der Waals surface area contributed by atoms with E-state index >= 15 is 0 Å². The highest BCUT2D eigenvalue weighted by Crippen LogP contribution is 2.31. The Morgan fingerprint density at radius 1 is 1.56 bits per heavy atom. The van der Waals surface area contributed by atoms with Crippen LogP contribution in [0.25, 0.3) is 0 Å². The second kappa shape index (κ2) is 7.24. The number of rotatable bonds is 9. The topological polar surface area (TPSA) is 24.5 Å². The average Bonchev–Trinajstić information content (AvgIpc) is 3.09. The maximum absolute atomic E-state index is 5.40. The van der Waals surface area contributed by atoms with Crippen LogP contribution in [0.4, 0.5) is 0 Å². The molecular formula is C14H24N2OS. The molecule has 0 saturated heterocycles. The fourth-order valence-electron chi connectivity index (χ4n) is 2.32. The van der Waals surface area contributed by atoms with Gasteiger partial charge in [0.05, 0.1) is 6.61 Å². The first-order chi connectivity index (χ1) is 8.85. The first kappa shape index (κ1) is 14.0. The highest BCUT2D eigenvalue weighted by Gasteiger charge is 2.33. The minimum atomic E-state index is 0.490. The first-order valence-corrected chi connectivity index (χ1v) is 7.71. The van der Waals surface area contributed by atoms with Crippen LogP contribution < -0.4 is 5.32 Å². The van der Waals surface area contributed by atoms with E-state index < -0.39 is 0 Å². The lowest BCUT2D eigenvalue weighted by molar-refractivity contribution is 0.0797. The Balaban J connectivity index is 1.96. The largest absolute Gasteiger partial charge is 0.383 e. The van der Waals surface area contributed by atoms with Crippen LogP contribution in [0.5, 0.6) is 0 Å². The Labute approximate surface area is 114 Å². The van der Waals surface area contributed by atoms with Crippen LogP contribution in [0.15, 0.2) is 17.5 Å². The van der Waals surface area contributed by atoms with Crippen molar-refractivity contribution in [3.8, 4) is 0 Å². The van der Waals surface area contributed by atoms with Gasteiger partial charge in [-0.1, -0.05) is 13.0 Å². The minimum absolute atomic E-state index is 0.490. The Morgan fingerprint density at radius 3 is 2.94 bits per heavy atom. The number of hydrogen-bond acceptors (Lipinski definition) is 4. The lowest BCUT2D eigenvalue weighted by atomic mass is 10.2. The van der Waals surface area contributed by atoms with Gasteiger partial charge in [0, 0.05) is 37.2 Å². The lowest BCUT2D eigenvalue weighted by Gasteiger charge is -2.31. The summed E-state index contributed by atoms with van der Waals surface area (Å²) in [4.78, 5) is 4.08. The molecule has 1 unspecified atom stereocenters. The fraction of sp³-hybridized carbons (Fsp3) is 0.714. The number of likely N-dealkylation sites (N-methyl/N-ethyl adjacent to an activating group) is 1. The van der Waals surface area contributed by atoms with Crippen molar-refractivity contribution in [2.45, 2.75) is 38.4 Å². The third-order valence-corrected chi connectivity index (χ3v) is 4.25. The van der Waals surface area contributed by atoms with Crippen LogP contribution in [-0.2, 0) is 11.3 Å². The molecule has 3 nitrogen and oxygen atoms in total. The van der Waals surface area contributed by atoms with Crippen molar-refractivity contribution in [2.24, 2.45) is 0 Å². The van der Waals surface area contributed by atoms with Gasteiger partial charge in [0.2, 0.25) is 0 Å². The number of ether oxygens (including phenoxy) is 1. The Bertz CT molecular complexity index is 325. The molecule has 1 heterocycles. The van der Waals surface area contributed by atoms with E-state index in [9.17, 15) is 0 Å². The van der Waals surface area contributed by atoms with Crippen LogP contribution in [-0.4, -0.2) is 43.8 Å². The van der Waals surface area contributed by atoms with Gasteiger partial charge in [0.25, 0.3) is 0 Å². The van der Waals surface area contributed by atoms with E-state index in [0.29, 0.717) is 6.04 Å².